The molecule has 1 rings (SSSR count). The van der Waals surface area contributed by atoms with E-state index in [1.54, 1.807) is 7.11 Å². The lowest BCUT2D eigenvalue weighted by Crippen LogP contribution is -2.16. The van der Waals surface area contributed by atoms with Crippen molar-refractivity contribution in [3.8, 4) is 5.75 Å². The Labute approximate surface area is 119 Å². The van der Waals surface area contributed by atoms with Crippen molar-refractivity contribution >= 4 is 17.7 Å². The lowest BCUT2D eigenvalue weighted by atomic mass is 9.95. The Kier molecular flexibility index (Phi) is 7.41. The van der Waals surface area contributed by atoms with E-state index in [4.69, 9.17) is 4.74 Å². The van der Waals surface area contributed by atoms with Gasteiger partial charge >= 0.3 is 5.97 Å². The fourth-order valence-electron chi connectivity index (χ4n) is 1.97. The summed E-state index contributed by atoms with van der Waals surface area (Å²) in [6.45, 7) is 2.12. The van der Waals surface area contributed by atoms with Gasteiger partial charge in [0.15, 0.2) is 0 Å². The predicted molar refractivity (Wildman–Crippen MR) is 80.1 cm³/mol. The van der Waals surface area contributed by atoms with Crippen LogP contribution in [-0.2, 0) is 11.2 Å². The second-order valence-electron chi connectivity index (χ2n) is 4.43. The lowest BCUT2D eigenvalue weighted by molar-refractivity contribution is -0.141. The molecule has 1 aromatic carbocycles. The van der Waals surface area contributed by atoms with Gasteiger partial charge in [-0.1, -0.05) is 19.1 Å². The first kappa shape index (κ1) is 15.9. The van der Waals surface area contributed by atoms with Gasteiger partial charge in [0.1, 0.15) is 5.75 Å². The van der Waals surface area contributed by atoms with E-state index < -0.39 is 5.97 Å². The number of carbonyl (C=O) groups is 1. The van der Waals surface area contributed by atoms with Gasteiger partial charge < -0.3 is 9.84 Å². The molecule has 1 atom stereocenters. The first-order valence-corrected chi connectivity index (χ1v) is 7.76. The second kappa shape index (κ2) is 8.86. The predicted octanol–water partition coefficient (Wildman–Crippen LogP) is 3.47. The zero-order valence-electron chi connectivity index (χ0n) is 11.6. The molecule has 0 fully saturated rings. The maximum atomic E-state index is 11.3. The highest BCUT2D eigenvalue weighted by molar-refractivity contribution is 7.99. The molecule has 0 saturated heterocycles. The van der Waals surface area contributed by atoms with E-state index >= 15 is 0 Å². The zero-order valence-corrected chi connectivity index (χ0v) is 12.4. The van der Waals surface area contributed by atoms with E-state index in [2.05, 4.69) is 6.92 Å². The summed E-state index contributed by atoms with van der Waals surface area (Å²) in [6, 6.07) is 7.65. The summed E-state index contributed by atoms with van der Waals surface area (Å²) in [5.41, 5.74) is 1.02. The molecule has 4 heteroatoms. The summed E-state index contributed by atoms with van der Waals surface area (Å²) in [4.78, 5) is 11.3. The molecule has 0 aliphatic rings. The molecule has 0 radical (unpaired) electrons. The molecule has 1 N–H and O–H groups in total. The third-order valence-electron chi connectivity index (χ3n) is 3.01. The van der Waals surface area contributed by atoms with Crippen LogP contribution in [0.2, 0.25) is 0 Å². The Hall–Kier alpha value is -1.16. The van der Waals surface area contributed by atoms with E-state index in [1.807, 2.05) is 36.0 Å². The molecule has 106 valence electrons. The minimum Gasteiger partial charge on any atom is -0.497 e. The molecule has 0 bridgehead atoms. The monoisotopic (exact) mass is 282 g/mol. The Morgan fingerprint density at radius 2 is 2.26 bits per heavy atom. The summed E-state index contributed by atoms with van der Waals surface area (Å²) < 4.78 is 5.16. The third-order valence-corrected chi connectivity index (χ3v) is 4.00. The maximum absolute atomic E-state index is 11.3. The van der Waals surface area contributed by atoms with E-state index in [1.165, 1.54) is 0 Å². The molecule has 0 aromatic heterocycles. The number of thioether (sulfide) groups is 1. The van der Waals surface area contributed by atoms with E-state index in [9.17, 15) is 9.90 Å². The summed E-state index contributed by atoms with van der Waals surface area (Å²) in [6.07, 6.45) is 2.27. The average Bonchev–Trinajstić information content (AvgIpc) is 2.42. The molecule has 0 aliphatic carbocycles. The smallest absolute Gasteiger partial charge is 0.306 e. The number of benzene rings is 1. The fourth-order valence-corrected chi connectivity index (χ4v) is 2.63. The number of hydrogen-bond donors (Lipinski definition) is 1. The number of rotatable bonds is 9. The molecule has 3 nitrogen and oxygen atoms in total. The molecule has 19 heavy (non-hydrogen) atoms. The van der Waals surface area contributed by atoms with Crippen LogP contribution in [0.5, 0.6) is 5.75 Å². The summed E-state index contributed by atoms with van der Waals surface area (Å²) in [5, 5.41) is 9.28. The van der Waals surface area contributed by atoms with Gasteiger partial charge in [-0.2, -0.15) is 11.8 Å². The van der Waals surface area contributed by atoms with Gasteiger partial charge in [0.05, 0.1) is 13.0 Å². The fraction of sp³-hybridized carbons (Fsp3) is 0.533. The van der Waals surface area contributed by atoms with Crippen LogP contribution in [0.15, 0.2) is 24.3 Å². The molecule has 1 unspecified atom stereocenters. The van der Waals surface area contributed by atoms with E-state index in [0.29, 0.717) is 6.42 Å². The van der Waals surface area contributed by atoms with Crippen molar-refractivity contribution in [3.05, 3.63) is 29.8 Å². The topological polar surface area (TPSA) is 46.5 Å². The largest absolute Gasteiger partial charge is 0.497 e. The molecule has 0 saturated carbocycles. The highest BCUT2D eigenvalue weighted by Crippen LogP contribution is 2.19. The van der Waals surface area contributed by atoms with Crippen LogP contribution in [0.3, 0.4) is 0 Å². The summed E-state index contributed by atoms with van der Waals surface area (Å²) in [7, 11) is 1.62. The third kappa shape index (κ3) is 6.01. The highest BCUT2D eigenvalue weighted by atomic mass is 32.2. The lowest BCUT2D eigenvalue weighted by Gasteiger charge is -2.12. The van der Waals surface area contributed by atoms with Gasteiger partial charge in [-0.25, -0.2) is 0 Å². The Morgan fingerprint density at radius 3 is 2.89 bits per heavy atom. The molecule has 0 aliphatic heterocycles. The van der Waals surface area contributed by atoms with Crippen LogP contribution in [-0.4, -0.2) is 29.7 Å². The number of carboxylic acids is 1. The van der Waals surface area contributed by atoms with Crippen molar-refractivity contribution < 1.29 is 14.6 Å². The van der Waals surface area contributed by atoms with Gasteiger partial charge in [-0.15, -0.1) is 0 Å². The number of hydrogen-bond acceptors (Lipinski definition) is 3. The van der Waals surface area contributed by atoms with Crippen molar-refractivity contribution in [3.63, 3.8) is 0 Å². The van der Waals surface area contributed by atoms with Crippen LogP contribution in [0.1, 0.15) is 25.3 Å². The number of ether oxygens (including phenoxy) is 1. The maximum Gasteiger partial charge on any atom is 0.306 e. The van der Waals surface area contributed by atoms with Crippen LogP contribution >= 0.6 is 11.8 Å². The SMILES string of the molecule is CCSCCCC(Cc1cccc(OC)c1)C(=O)O. The first-order chi connectivity index (χ1) is 9.17. The Balaban J connectivity index is 2.54. The molecule has 0 heterocycles. The quantitative estimate of drug-likeness (QED) is 0.704. The molecular weight excluding hydrogens is 260 g/mol. The van der Waals surface area contributed by atoms with Crippen molar-refractivity contribution in [2.24, 2.45) is 5.92 Å². The molecule has 0 spiro atoms. The highest BCUT2D eigenvalue weighted by Gasteiger charge is 2.17. The van der Waals surface area contributed by atoms with Crippen LogP contribution < -0.4 is 4.74 Å². The molecule has 1 aromatic rings. The van der Waals surface area contributed by atoms with Gasteiger partial charge in [-0.3, -0.25) is 4.79 Å². The molecular formula is C15H22O3S. The van der Waals surface area contributed by atoms with Gasteiger partial charge in [0, 0.05) is 0 Å². The Bertz CT molecular complexity index is 393. The van der Waals surface area contributed by atoms with Gasteiger partial charge in [0.2, 0.25) is 0 Å². The average molecular weight is 282 g/mol. The van der Waals surface area contributed by atoms with Crippen molar-refractivity contribution in [1.82, 2.24) is 0 Å². The minimum atomic E-state index is -0.704. The van der Waals surface area contributed by atoms with Crippen LogP contribution in [0.25, 0.3) is 0 Å². The molecule has 0 amide bonds. The van der Waals surface area contributed by atoms with Gasteiger partial charge in [-0.05, 0) is 48.5 Å². The Morgan fingerprint density at radius 1 is 1.47 bits per heavy atom. The number of methoxy groups -OCH3 is 1. The standard InChI is InChI=1S/C15H22O3S/c1-3-19-9-5-7-13(15(16)17)10-12-6-4-8-14(11-12)18-2/h4,6,8,11,13H,3,5,7,9-10H2,1-2H3,(H,16,17). The number of aliphatic carboxylic acids is 1. The van der Waals surface area contributed by atoms with Crippen molar-refractivity contribution in [1.29, 1.82) is 0 Å². The summed E-state index contributed by atoms with van der Waals surface area (Å²) in [5.74, 6) is 1.91. The minimum absolute atomic E-state index is 0.301. The normalized spacial score (nSPS) is 12.1. The zero-order chi connectivity index (χ0) is 14.1. The van der Waals surface area contributed by atoms with E-state index in [-0.39, 0.29) is 5.92 Å². The van der Waals surface area contributed by atoms with Crippen LogP contribution in [0.4, 0.5) is 0 Å². The second-order valence-corrected chi connectivity index (χ2v) is 5.82. The van der Waals surface area contributed by atoms with Crippen molar-refractivity contribution in [2.75, 3.05) is 18.6 Å². The first-order valence-electron chi connectivity index (χ1n) is 6.60. The number of carboxylic acid groups (broad SMARTS) is 1. The van der Waals surface area contributed by atoms with Crippen molar-refractivity contribution in [2.45, 2.75) is 26.2 Å². The van der Waals surface area contributed by atoms with Gasteiger partial charge in [0.25, 0.3) is 0 Å². The van der Waals surface area contributed by atoms with E-state index in [0.717, 1.165) is 35.7 Å². The summed E-state index contributed by atoms with van der Waals surface area (Å²) >= 11 is 1.86. The van der Waals surface area contributed by atoms with Crippen LogP contribution in [0, 0.1) is 5.92 Å².